The molecule has 2 heterocycles. The Kier molecular flexibility index (Phi) is 6.59. The summed E-state index contributed by atoms with van der Waals surface area (Å²) in [6, 6.07) is 16.4. The number of carboxylic acids is 1. The zero-order chi connectivity index (χ0) is 24.1. The Balaban J connectivity index is 1.65. The van der Waals surface area contributed by atoms with Crippen LogP contribution in [0.5, 0.6) is 0 Å². The summed E-state index contributed by atoms with van der Waals surface area (Å²) in [5.41, 5.74) is 4.74. The number of benzene rings is 2. The SMILES string of the molecule is C=CC(=O)NCc1cnc(-c2ccc(F)cc2)cc1-c1ccn(Cc2ccc(C(=O)O)cc2)n1. The van der Waals surface area contributed by atoms with E-state index in [0.717, 1.165) is 22.3 Å². The van der Waals surface area contributed by atoms with E-state index in [0.29, 0.717) is 17.9 Å². The molecular weight excluding hydrogens is 435 g/mol. The topological polar surface area (TPSA) is 97.1 Å². The highest BCUT2D eigenvalue weighted by Crippen LogP contribution is 2.27. The second-order valence-electron chi connectivity index (χ2n) is 7.56. The van der Waals surface area contributed by atoms with E-state index in [1.807, 2.05) is 18.3 Å². The molecule has 0 aliphatic heterocycles. The molecule has 0 aliphatic carbocycles. The molecule has 0 unspecified atom stereocenters. The number of hydrogen-bond acceptors (Lipinski definition) is 4. The first-order chi connectivity index (χ1) is 16.4. The summed E-state index contributed by atoms with van der Waals surface area (Å²) >= 11 is 0. The van der Waals surface area contributed by atoms with Gasteiger partial charge < -0.3 is 10.4 Å². The highest BCUT2D eigenvalue weighted by atomic mass is 19.1. The zero-order valence-corrected chi connectivity index (χ0v) is 18.1. The predicted octanol–water partition coefficient (Wildman–Crippen LogP) is 4.30. The van der Waals surface area contributed by atoms with Gasteiger partial charge in [0.2, 0.25) is 5.91 Å². The van der Waals surface area contributed by atoms with Gasteiger partial charge in [-0.15, -0.1) is 0 Å². The van der Waals surface area contributed by atoms with E-state index in [1.54, 1.807) is 47.3 Å². The minimum Gasteiger partial charge on any atom is -0.478 e. The molecular formula is C26H21FN4O3. The van der Waals surface area contributed by atoms with Crippen molar-refractivity contribution in [1.29, 1.82) is 0 Å². The Hall–Kier alpha value is -4.59. The van der Waals surface area contributed by atoms with Gasteiger partial charge >= 0.3 is 5.97 Å². The highest BCUT2D eigenvalue weighted by Gasteiger charge is 2.13. The molecule has 0 saturated carbocycles. The third kappa shape index (κ3) is 5.24. The van der Waals surface area contributed by atoms with Crippen molar-refractivity contribution in [3.8, 4) is 22.5 Å². The van der Waals surface area contributed by atoms with Crippen LogP contribution in [0.15, 0.2) is 85.7 Å². The first kappa shape index (κ1) is 22.6. The Labute approximate surface area is 195 Å². The lowest BCUT2D eigenvalue weighted by atomic mass is 10.0. The summed E-state index contributed by atoms with van der Waals surface area (Å²) in [5, 5.41) is 16.5. The van der Waals surface area contributed by atoms with E-state index >= 15 is 0 Å². The molecule has 1 amide bonds. The average molecular weight is 456 g/mol. The van der Waals surface area contributed by atoms with Crippen molar-refractivity contribution in [2.24, 2.45) is 0 Å². The first-order valence-corrected chi connectivity index (χ1v) is 10.4. The van der Waals surface area contributed by atoms with Crippen LogP contribution in [0.3, 0.4) is 0 Å². The van der Waals surface area contributed by atoms with Crippen LogP contribution < -0.4 is 5.32 Å². The van der Waals surface area contributed by atoms with E-state index in [1.165, 1.54) is 18.2 Å². The lowest BCUT2D eigenvalue weighted by Gasteiger charge is -2.11. The highest BCUT2D eigenvalue weighted by molar-refractivity contribution is 5.87. The number of halogens is 1. The number of aromatic carboxylic acids is 1. The van der Waals surface area contributed by atoms with Crippen molar-refractivity contribution in [2.75, 3.05) is 0 Å². The molecule has 4 rings (SSSR count). The number of pyridine rings is 1. The van der Waals surface area contributed by atoms with Crippen molar-refractivity contribution in [3.63, 3.8) is 0 Å². The van der Waals surface area contributed by atoms with Crippen molar-refractivity contribution in [1.82, 2.24) is 20.1 Å². The average Bonchev–Trinajstić information content (AvgIpc) is 3.31. The number of amides is 1. The summed E-state index contributed by atoms with van der Waals surface area (Å²) in [4.78, 5) is 27.2. The van der Waals surface area contributed by atoms with Crippen molar-refractivity contribution >= 4 is 11.9 Å². The summed E-state index contributed by atoms with van der Waals surface area (Å²) in [7, 11) is 0. The molecule has 0 fully saturated rings. The van der Waals surface area contributed by atoms with E-state index in [2.05, 4.69) is 22.0 Å². The Morgan fingerprint density at radius 2 is 1.79 bits per heavy atom. The molecule has 2 aromatic heterocycles. The number of hydrogen-bond donors (Lipinski definition) is 2. The van der Waals surface area contributed by atoms with Crippen LogP contribution in [0.4, 0.5) is 4.39 Å². The van der Waals surface area contributed by atoms with E-state index in [9.17, 15) is 14.0 Å². The third-order valence-electron chi connectivity index (χ3n) is 5.23. The van der Waals surface area contributed by atoms with Crippen LogP contribution in [-0.4, -0.2) is 31.7 Å². The minimum atomic E-state index is -0.973. The molecule has 0 atom stereocenters. The summed E-state index contributed by atoms with van der Waals surface area (Å²) < 4.78 is 15.1. The van der Waals surface area contributed by atoms with E-state index < -0.39 is 5.97 Å². The Morgan fingerprint density at radius 1 is 1.06 bits per heavy atom. The van der Waals surface area contributed by atoms with Crippen molar-refractivity contribution in [3.05, 3.63) is 108 Å². The van der Waals surface area contributed by atoms with Gasteiger partial charge in [0.15, 0.2) is 0 Å². The number of nitrogens with one attached hydrogen (secondary N) is 1. The monoisotopic (exact) mass is 456 g/mol. The van der Waals surface area contributed by atoms with Gasteiger partial charge in [0.05, 0.1) is 23.5 Å². The summed E-state index contributed by atoms with van der Waals surface area (Å²) in [6.45, 7) is 4.16. The number of carboxylic acid groups (broad SMARTS) is 1. The van der Waals surface area contributed by atoms with Crippen LogP contribution in [0.25, 0.3) is 22.5 Å². The van der Waals surface area contributed by atoms with Crippen molar-refractivity contribution in [2.45, 2.75) is 13.1 Å². The minimum absolute atomic E-state index is 0.223. The molecule has 170 valence electrons. The smallest absolute Gasteiger partial charge is 0.335 e. The van der Waals surface area contributed by atoms with Gasteiger partial charge in [0.1, 0.15) is 5.82 Å². The summed E-state index contributed by atoms with van der Waals surface area (Å²) in [6.07, 6.45) is 4.69. The van der Waals surface area contributed by atoms with Gasteiger partial charge in [-0.25, -0.2) is 9.18 Å². The van der Waals surface area contributed by atoms with Gasteiger partial charge in [0.25, 0.3) is 0 Å². The molecule has 0 radical (unpaired) electrons. The second kappa shape index (κ2) is 9.91. The molecule has 34 heavy (non-hydrogen) atoms. The van der Waals surface area contributed by atoms with Crippen LogP contribution in [0.2, 0.25) is 0 Å². The lowest BCUT2D eigenvalue weighted by molar-refractivity contribution is -0.116. The number of aromatic nitrogens is 3. The fraction of sp³-hybridized carbons (Fsp3) is 0.0769. The van der Waals surface area contributed by atoms with Gasteiger partial charge in [-0.3, -0.25) is 14.5 Å². The number of nitrogens with zero attached hydrogens (tertiary/aromatic N) is 3. The fourth-order valence-corrected chi connectivity index (χ4v) is 3.43. The second-order valence-corrected chi connectivity index (χ2v) is 7.56. The van der Waals surface area contributed by atoms with E-state index in [4.69, 9.17) is 5.11 Å². The van der Waals surface area contributed by atoms with Gasteiger partial charge in [-0.05, 0) is 65.7 Å². The number of carbonyl (C=O) groups is 2. The van der Waals surface area contributed by atoms with Gasteiger partial charge in [-0.1, -0.05) is 18.7 Å². The molecule has 0 aliphatic rings. The third-order valence-corrected chi connectivity index (χ3v) is 5.23. The molecule has 0 bridgehead atoms. The molecule has 8 heteroatoms. The maximum absolute atomic E-state index is 13.4. The normalized spacial score (nSPS) is 10.6. The number of rotatable bonds is 8. The molecule has 7 nitrogen and oxygen atoms in total. The van der Waals surface area contributed by atoms with Crippen LogP contribution >= 0.6 is 0 Å². The molecule has 2 N–H and O–H groups in total. The number of carbonyl (C=O) groups excluding carboxylic acids is 1. The first-order valence-electron chi connectivity index (χ1n) is 10.4. The predicted molar refractivity (Wildman–Crippen MR) is 125 cm³/mol. The standard InChI is InChI=1S/C26H21FN4O3/c1-2-25(32)29-15-20-14-28-24(18-7-9-21(27)10-8-18)13-22(20)23-11-12-31(30-23)16-17-3-5-19(6-4-17)26(33)34/h2-14H,1,15-16H2,(H,29,32)(H,33,34). The van der Waals surface area contributed by atoms with Gasteiger partial charge in [0, 0.05) is 30.1 Å². The largest absolute Gasteiger partial charge is 0.478 e. The van der Waals surface area contributed by atoms with Crippen LogP contribution in [0.1, 0.15) is 21.5 Å². The molecule has 4 aromatic rings. The van der Waals surface area contributed by atoms with Crippen LogP contribution in [-0.2, 0) is 17.9 Å². The molecule has 2 aromatic carbocycles. The Bertz CT molecular complexity index is 1350. The zero-order valence-electron chi connectivity index (χ0n) is 18.1. The molecule has 0 saturated heterocycles. The molecule has 0 spiro atoms. The lowest BCUT2D eigenvalue weighted by Crippen LogP contribution is -2.20. The maximum atomic E-state index is 13.4. The van der Waals surface area contributed by atoms with E-state index in [-0.39, 0.29) is 23.8 Å². The summed E-state index contributed by atoms with van der Waals surface area (Å²) in [5.74, 6) is -1.61. The quantitative estimate of drug-likeness (QED) is 0.386. The van der Waals surface area contributed by atoms with Crippen molar-refractivity contribution < 1.29 is 19.1 Å². The van der Waals surface area contributed by atoms with Crippen LogP contribution in [0, 0.1) is 5.82 Å². The fourth-order valence-electron chi connectivity index (χ4n) is 3.43. The maximum Gasteiger partial charge on any atom is 0.335 e. The van der Waals surface area contributed by atoms with Gasteiger partial charge in [-0.2, -0.15) is 5.10 Å². The Morgan fingerprint density at radius 3 is 2.47 bits per heavy atom.